The lowest BCUT2D eigenvalue weighted by Crippen LogP contribution is -1.99. The van der Waals surface area contributed by atoms with Gasteiger partial charge in [-0.05, 0) is 45.9 Å². The van der Waals surface area contributed by atoms with Crippen LogP contribution < -0.4 is 0 Å². The molecule has 22 heavy (non-hydrogen) atoms. The summed E-state index contributed by atoms with van der Waals surface area (Å²) in [6.45, 7) is 0. The van der Waals surface area contributed by atoms with E-state index < -0.39 is 23.3 Å². The van der Waals surface area contributed by atoms with Crippen LogP contribution in [-0.4, -0.2) is 8.39 Å². The van der Waals surface area contributed by atoms with Gasteiger partial charge in [-0.2, -0.15) is 0 Å². The lowest BCUT2D eigenvalue weighted by atomic mass is 10.2. The zero-order chi connectivity index (χ0) is 16.3. The quantitative estimate of drug-likeness (QED) is 0.375. The van der Waals surface area contributed by atoms with Crippen LogP contribution in [0.25, 0.3) is 0 Å². The molecule has 2 aromatic rings. The van der Waals surface area contributed by atoms with Gasteiger partial charge in [-0.25, -0.2) is 17.6 Å². The summed E-state index contributed by atoms with van der Waals surface area (Å²) in [5.74, 6) is -2.97. The Labute approximate surface area is 142 Å². The minimum atomic E-state index is -0.781. The van der Waals surface area contributed by atoms with Crippen molar-refractivity contribution < 1.29 is 17.6 Å². The average molecular weight is 378 g/mol. The molecule has 0 aliphatic rings. The Balaban J connectivity index is 2.06. The Kier molecular flexibility index (Phi) is 5.96. The van der Waals surface area contributed by atoms with Gasteiger partial charge < -0.3 is 0 Å². The summed E-state index contributed by atoms with van der Waals surface area (Å²) in [6.07, 6.45) is 0. The molecule has 0 fully saturated rings. The van der Waals surface area contributed by atoms with Crippen molar-refractivity contribution in [3.63, 3.8) is 0 Å². The average Bonchev–Trinajstić information content (AvgIpc) is 2.44. The highest BCUT2D eigenvalue weighted by Gasteiger charge is 2.14. The molecule has 0 N–H and O–H groups in total. The van der Waals surface area contributed by atoms with Gasteiger partial charge >= 0.3 is 0 Å². The molecule has 0 amide bonds. The smallest absolute Gasteiger partial charge is 0.135 e. The van der Waals surface area contributed by atoms with Crippen molar-refractivity contribution in [1.82, 2.24) is 0 Å². The molecule has 0 aliphatic heterocycles. The molecular weight excluding hydrogens is 372 g/mol. The minimum absolute atomic E-state index is 0.0660. The standard InChI is InChI=1S/C14H6F4S4/c15-7-1-3-9(11(17)5-7)13(19)21-22-14(20)10-4-2-8(16)6-12(10)18/h1-6H. The van der Waals surface area contributed by atoms with Crippen LogP contribution in [0, 0.1) is 23.3 Å². The van der Waals surface area contributed by atoms with E-state index in [0.717, 1.165) is 45.9 Å². The molecule has 2 rings (SSSR count). The Morgan fingerprint density at radius 3 is 1.36 bits per heavy atom. The number of hydrogen-bond acceptors (Lipinski definition) is 4. The summed E-state index contributed by atoms with van der Waals surface area (Å²) >= 11 is 10.1. The van der Waals surface area contributed by atoms with Gasteiger partial charge in [-0.1, -0.05) is 24.4 Å². The topological polar surface area (TPSA) is 0 Å². The fourth-order valence-corrected chi connectivity index (χ4v) is 4.07. The van der Waals surface area contributed by atoms with Gasteiger partial charge in [0.25, 0.3) is 0 Å². The first kappa shape index (κ1) is 17.4. The van der Waals surface area contributed by atoms with E-state index in [2.05, 4.69) is 0 Å². The van der Waals surface area contributed by atoms with E-state index in [1.807, 2.05) is 0 Å². The van der Waals surface area contributed by atoms with Crippen LogP contribution in [0.4, 0.5) is 17.6 Å². The van der Waals surface area contributed by atoms with Crippen LogP contribution in [0.1, 0.15) is 11.1 Å². The molecule has 0 unspecified atom stereocenters. The zero-order valence-corrected chi connectivity index (χ0v) is 13.9. The van der Waals surface area contributed by atoms with E-state index in [0.29, 0.717) is 0 Å². The maximum atomic E-state index is 13.6. The van der Waals surface area contributed by atoms with Crippen molar-refractivity contribution in [1.29, 1.82) is 0 Å². The maximum Gasteiger partial charge on any atom is 0.135 e. The van der Waals surface area contributed by atoms with Crippen LogP contribution in [0.5, 0.6) is 0 Å². The summed E-state index contributed by atoms with van der Waals surface area (Å²) < 4.78 is 53.1. The Morgan fingerprint density at radius 2 is 1.05 bits per heavy atom. The first-order valence-corrected chi connectivity index (χ1v) is 8.68. The van der Waals surface area contributed by atoms with Crippen molar-refractivity contribution >= 4 is 54.4 Å². The van der Waals surface area contributed by atoms with Gasteiger partial charge in [-0.3, -0.25) is 0 Å². The van der Waals surface area contributed by atoms with Crippen molar-refractivity contribution in [3.05, 3.63) is 70.8 Å². The third-order valence-corrected chi connectivity index (χ3v) is 6.14. The van der Waals surface area contributed by atoms with Gasteiger partial charge in [0.2, 0.25) is 0 Å². The van der Waals surface area contributed by atoms with Crippen LogP contribution in [0.3, 0.4) is 0 Å². The lowest BCUT2D eigenvalue weighted by Gasteiger charge is -2.07. The van der Waals surface area contributed by atoms with Crippen LogP contribution in [0.2, 0.25) is 0 Å². The Hall–Kier alpha value is -0.960. The summed E-state index contributed by atoms with van der Waals surface area (Å²) in [4.78, 5) is 0. The van der Waals surface area contributed by atoms with Gasteiger partial charge in [0, 0.05) is 23.3 Å². The summed E-state index contributed by atoms with van der Waals surface area (Å²) in [6, 6.07) is 6.08. The first-order chi connectivity index (χ1) is 10.4. The molecule has 0 atom stereocenters. The molecule has 8 heteroatoms. The van der Waals surface area contributed by atoms with Crippen molar-refractivity contribution in [2.24, 2.45) is 0 Å². The highest BCUT2D eigenvalue weighted by atomic mass is 33.1. The predicted molar refractivity (Wildman–Crippen MR) is 91.3 cm³/mol. The second-order valence-electron chi connectivity index (χ2n) is 3.99. The minimum Gasteiger partial charge on any atom is -0.207 e. The number of thiocarbonyl (C=S) groups is 2. The third kappa shape index (κ3) is 4.28. The predicted octanol–water partition coefficient (Wildman–Crippen LogP) is 5.68. The van der Waals surface area contributed by atoms with Gasteiger partial charge in [0.1, 0.15) is 23.3 Å². The van der Waals surface area contributed by atoms with Gasteiger partial charge in [-0.15, -0.1) is 0 Å². The van der Waals surface area contributed by atoms with Gasteiger partial charge in [0.05, 0.1) is 8.39 Å². The van der Waals surface area contributed by atoms with Crippen molar-refractivity contribution in [2.75, 3.05) is 0 Å². The molecule has 0 saturated heterocycles. The second-order valence-corrected chi connectivity index (χ2v) is 7.47. The Morgan fingerprint density at radius 1 is 0.682 bits per heavy atom. The largest absolute Gasteiger partial charge is 0.207 e. The van der Waals surface area contributed by atoms with Crippen molar-refractivity contribution in [2.45, 2.75) is 0 Å². The number of rotatable bonds is 2. The molecular formula is C14H6F4S4. The normalized spacial score (nSPS) is 10.5. The van der Waals surface area contributed by atoms with E-state index >= 15 is 0 Å². The number of hydrogen-bond donors (Lipinski definition) is 0. The molecule has 0 aliphatic carbocycles. The molecule has 0 nitrogen and oxygen atoms in total. The molecule has 2 aromatic carbocycles. The molecule has 0 radical (unpaired) electrons. The first-order valence-electron chi connectivity index (χ1n) is 5.72. The molecule has 0 saturated carbocycles. The molecule has 0 spiro atoms. The molecule has 0 aromatic heterocycles. The molecule has 0 bridgehead atoms. The van der Waals surface area contributed by atoms with E-state index in [1.165, 1.54) is 12.1 Å². The maximum absolute atomic E-state index is 13.6. The van der Waals surface area contributed by atoms with E-state index in [9.17, 15) is 17.6 Å². The lowest BCUT2D eigenvalue weighted by molar-refractivity contribution is 0.581. The highest BCUT2D eigenvalue weighted by Crippen LogP contribution is 2.32. The zero-order valence-electron chi connectivity index (χ0n) is 10.6. The van der Waals surface area contributed by atoms with Crippen LogP contribution >= 0.6 is 46.0 Å². The summed E-state index contributed by atoms with van der Waals surface area (Å²) in [5, 5.41) is 0. The van der Waals surface area contributed by atoms with E-state index in [-0.39, 0.29) is 19.5 Å². The van der Waals surface area contributed by atoms with E-state index in [1.54, 1.807) is 0 Å². The van der Waals surface area contributed by atoms with Crippen LogP contribution in [-0.2, 0) is 0 Å². The SMILES string of the molecule is Fc1ccc(C(=S)SSC(=S)c2ccc(F)cc2F)c(F)c1. The summed E-state index contributed by atoms with van der Waals surface area (Å²) in [7, 11) is 1.90. The Bertz CT molecular complexity index is 682. The fraction of sp³-hybridized carbons (Fsp3) is 0. The number of benzene rings is 2. The molecule has 114 valence electrons. The summed E-state index contributed by atoms with van der Waals surface area (Å²) in [5.41, 5.74) is 0.132. The van der Waals surface area contributed by atoms with Crippen molar-refractivity contribution in [3.8, 4) is 0 Å². The van der Waals surface area contributed by atoms with E-state index in [4.69, 9.17) is 24.4 Å². The molecule has 0 heterocycles. The van der Waals surface area contributed by atoms with Gasteiger partial charge in [0.15, 0.2) is 0 Å². The van der Waals surface area contributed by atoms with Crippen LogP contribution in [0.15, 0.2) is 36.4 Å². The number of halogens is 4. The monoisotopic (exact) mass is 378 g/mol. The third-order valence-electron chi connectivity index (χ3n) is 2.50. The highest BCUT2D eigenvalue weighted by molar-refractivity contribution is 8.90. The fourth-order valence-electron chi connectivity index (χ4n) is 1.48. The second kappa shape index (κ2) is 7.54.